The van der Waals surface area contributed by atoms with Crippen molar-refractivity contribution < 1.29 is 17.6 Å². The van der Waals surface area contributed by atoms with Gasteiger partial charge < -0.3 is 0 Å². The third kappa shape index (κ3) is 6.62. The topological polar surface area (TPSA) is 17.8 Å². The summed E-state index contributed by atoms with van der Waals surface area (Å²) in [6.45, 7) is 0. The third-order valence-corrected chi connectivity index (χ3v) is 4.88. The predicted molar refractivity (Wildman–Crippen MR) is 110 cm³/mol. The fourth-order valence-corrected chi connectivity index (χ4v) is 2.93. The Morgan fingerprint density at radius 3 is 1.82 bits per heavy atom. The minimum Gasteiger partial charge on any atom is -0.272 e. The summed E-state index contributed by atoms with van der Waals surface area (Å²) in [5.41, 5.74) is 0. The standard InChI is InChI=1S/C11H7ClF4N2S.C6H5ClS.CH4/c12-8-1-3-9(4-2-8)19-11(15,16)10(13,14)18-6-5-17-7-18;7-5-1-3-6(8)4-2-5;/h1-7H;1-4,8H;1H4. The summed E-state index contributed by atoms with van der Waals surface area (Å²) in [6.07, 6.45) is 2.45. The van der Waals surface area contributed by atoms with Gasteiger partial charge in [0, 0.05) is 32.2 Å². The number of benzene rings is 2. The number of hydrogen-bond acceptors (Lipinski definition) is 3. The Hall–Kier alpha value is -1.35. The monoisotopic (exact) mass is 470 g/mol. The van der Waals surface area contributed by atoms with E-state index in [0.29, 0.717) is 11.3 Å². The van der Waals surface area contributed by atoms with Crippen LogP contribution in [0.15, 0.2) is 77.0 Å². The summed E-state index contributed by atoms with van der Waals surface area (Å²) >= 11 is 15.0. The number of thioether (sulfide) groups is 1. The lowest BCUT2D eigenvalue weighted by atomic mass is 10.4. The summed E-state index contributed by atoms with van der Waals surface area (Å²) in [6, 6.07) is 8.17. The van der Waals surface area contributed by atoms with Crippen LogP contribution in [0.5, 0.6) is 0 Å². The normalized spacial score (nSPS) is 11.2. The van der Waals surface area contributed by atoms with Crippen molar-refractivity contribution in [3.8, 4) is 0 Å². The number of nitrogens with zero attached hydrogens (tertiary/aromatic N) is 2. The molecule has 3 aromatic rings. The Balaban J connectivity index is 0.000000367. The number of alkyl halides is 4. The van der Waals surface area contributed by atoms with Crippen LogP contribution < -0.4 is 0 Å². The molecule has 0 amide bonds. The molecule has 0 atom stereocenters. The van der Waals surface area contributed by atoms with Crippen LogP contribution in [0.1, 0.15) is 7.43 Å². The van der Waals surface area contributed by atoms with Crippen LogP contribution in [0.2, 0.25) is 10.0 Å². The number of halogens is 6. The largest absolute Gasteiger partial charge is 0.403 e. The lowest BCUT2D eigenvalue weighted by Crippen LogP contribution is -2.39. The molecule has 0 spiro atoms. The smallest absolute Gasteiger partial charge is 0.272 e. The minimum atomic E-state index is -4.38. The van der Waals surface area contributed by atoms with E-state index < -0.39 is 11.3 Å². The molecule has 10 heteroatoms. The molecular weight excluding hydrogens is 455 g/mol. The van der Waals surface area contributed by atoms with Gasteiger partial charge in [-0.15, -0.1) is 12.6 Å². The van der Waals surface area contributed by atoms with Crippen LogP contribution in [-0.4, -0.2) is 14.8 Å². The zero-order valence-electron chi connectivity index (χ0n) is 13.4. The van der Waals surface area contributed by atoms with Crippen LogP contribution in [-0.2, 0) is 6.05 Å². The second-order valence-corrected chi connectivity index (χ2v) is 7.64. The summed E-state index contributed by atoms with van der Waals surface area (Å²) in [5.74, 6) is 0. The number of thiol groups is 1. The third-order valence-electron chi connectivity index (χ3n) is 3.07. The fraction of sp³-hybridized carbons (Fsp3) is 0.167. The van der Waals surface area contributed by atoms with Crippen molar-refractivity contribution in [1.29, 1.82) is 0 Å². The first-order valence-corrected chi connectivity index (χ1v) is 9.27. The van der Waals surface area contributed by atoms with Crippen LogP contribution in [0.4, 0.5) is 17.6 Å². The maximum atomic E-state index is 13.7. The average Bonchev–Trinajstić information content (AvgIpc) is 3.15. The molecule has 0 N–H and O–H groups in total. The van der Waals surface area contributed by atoms with Crippen LogP contribution >= 0.6 is 47.6 Å². The molecule has 0 bridgehead atoms. The van der Waals surface area contributed by atoms with Gasteiger partial charge in [-0.25, -0.2) is 4.98 Å². The van der Waals surface area contributed by atoms with E-state index >= 15 is 0 Å². The summed E-state index contributed by atoms with van der Waals surface area (Å²) in [7, 11) is 0. The van der Waals surface area contributed by atoms with Gasteiger partial charge in [0.2, 0.25) is 0 Å². The van der Waals surface area contributed by atoms with Gasteiger partial charge >= 0.3 is 11.3 Å². The molecule has 0 saturated carbocycles. The van der Waals surface area contributed by atoms with Crippen LogP contribution in [0.25, 0.3) is 0 Å². The quantitative estimate of drug-likeness (QED) is 0.238. The molecule has 2 nitrogen and oxygen atoms in total. The van der Waals surface area contributed by atoms with Gasteiger partial charge in [0.1, 0.15) is 0 Å². The van der Waals surface area contributed by atoms with Gasteiger partial charge in [-0.2, -0.15) is 17.6 Å². The first kappa shape index (κ1) is 24.7. The SMILES string of the molecule is C.FC(F)(Sc1ccc(Cl)cc1)C(F)(F)n1ccnc1.Sc1ccc(Cl)cc1. The first-order valence-electron chi connectivity index (χ1n) is 7.25. The van der Waals surface area contributed by atoms with Gasteiger partial charge in [0.25, 0.3) is 0 Å². The van der Waals surface area contributed by atoms with Crippen molar-refractivity contribution in [2.45, 2.75) is 28.5 Å². The van der Waals surface area contributed by atoms with Gasteiger partial charge in [-0.05, 0) is 60.3 Å². The molecule has 2 aromatic carbocycles. The first-order chi connectivity index (χ1) is 12.6. The lowest BCUT2D eigenvalue weighted by molar-refractivity contribution is -0.210. The predicted octanol–water partition coefficient (Wildman–Crippen LogP) is 7.74. The summed E-state index contributed by atoms with van der Waals surface area (Å²) < 4.78 is 54.8. The van der Waals surface area contributed by atoms with E-state index in [4.69, 9.17) is 23.2 Å². The van der Waals surface area contributed by atoms with Crippen molar-refractivity contribution in [2.75, 3.05) is 0 Å². The molecular formula is C18H16Cl2F4N2S2. The highest BCUT2D eigenvalue weighted by Gasteiger charge is 2.58. The Kier molecular flexibility index (Phi) is 9.20. The van der Waals surface area contributed by atoms with E-state index in [2.05, 4.69) is 17.6 Å². The highest BCUT2D eigenvalue weighted by Crippen LogP contribution is 2.49. The Morgan fingerprint density at radius 2 is 1.39 bits per heavy atom. The van der Waals surface area contributed by atoms with Crippen molar-refractivity contribution in [3.63, 3.8) is 0 Å². The number of rotatable bonds is 4. The van der Waals surface area contributed by atoms with Gasteiger partial charge in [-0.1, -0.05) is 30.6 Å². The van der Waals surface area contributed by atoms with Crippen molar-refractivity contribution in [3.05, 3.63) is 77.3 Å². The van der Waals surface area contributed by atoms with Crippen LogP contribution in [0, 0.1) is 0 Å². The van der Waals surface area contributed by atoms with E-state index in [1.165, 1.54) is 24.3 Å². The minimum absolute atomic E-state index is 0. The highest BCUT2D eigenvalue weighted by molar-refractivity contribution is 8.00. The Labute approximate surface area is 180 Å². The average molecular weight is 471 g/mol. The van der Waals surface area contributed by atoms with E-state index in [0.717, 1.165) is 22.3 Å². The second-order valence-electron chi connectivity index (χ2n) is 5.06. The molecule has 0 aliphatic carbocycles. The molecule has 0 aliphatic rings. The van der Waals surface area contributed by atoms with E-state index in [9.17, 15) is 17.6 Å². The molecule has 0 aliphatic heterocycles. The van der Waals surface area contributed by atoms with Crippen molar-refractivity contribution in [1.82, 2.24) is 9.55 Å². The molecule has 3 rings (SSSR count). The van der Waals surface area contributed by atoms with Crippen molar-refractivity contribution >= 4 is 47.6 Å². The lowest BCUT2D eigenvalue weighted by Gasteiger charge is -2.26. The molecule has 28 heavy (non-hydrogen) atoms. The summed E-state index contributed by atoms with van der Waals surface area (Å²) in [5, 5.41) is -3.22. The molecule has 0 fully saturated rings. The molecule has 0 saturated heterocycles. The molecule has 152 valence electrons. The number of hydrogen-bond donors (Lipinski definition) is 1. The maximum Gasteiger partial charge on any atom is 0.403 e. The Bertz CT molecular complexity index is 822. The van der Waals surface area contributed by atoms with E-state index in [1.54, 1.807) is 0 Å². The molecule has 0 unspecified atom stereocenters. The van der Waals surface area contributed by atoms with Gasteiger partial charge in [-0.3, -0.25) is 4.57 Å². The van der Waals surface area contributed by atoms with Gasteiger partial charge in [0.15, 0.2) is 0 Å². The van der Waals surface area contributed by atoms with Crippen molar-refractivity contribution in [2.24, 2.45) is 0 Å². The van der Waals surface area contributed by atoms with Gasteiger partial charge in [0.05, 0.1) is 6.33 Å². The Morgan fingerprint density at radius 1 is 0.893 bits per heavy atom. The number of aromatic nitrogens is 2. The molecule has 0 radical (unpaired) electrons. The maximum absolute atomic E-state index is 13.7. The van der Waals surface area contributed by atoms with E-state index in [1.807, 2.05) is 24.3 Å². The highest BCUT2D eigenvalue weighted by atomic mass is 35.5. The fourth-order valence-electron chi connectivity index (χ4n) is 1.73. The van der Waals surface area contributed by atoms with Crippen LogP contribution in [0.3, 0.4) is 0 Å². The molecule has 1 aromatic heterocycles. The summed E-state index contributed by atoms with van der Waals surface area (Å²) in [4.78, 5) is 4.28. The molecule has 1 heterocycles. The zero-order valence-corrected chi connectivity index (χ0v) is 16.6. The van der Waals surface area contributed by atoms with E-state index in [-0.39, 0.29) is 28.7 Å². The second kappa shape index (κ2) is 10.4. The zero-order chi connectivity index (χ0) is 20.1. The number of imidazole rings is 1.